The van der Waals surface area contributed by atoms with Crippen molar-refractivity contribution in [2.45, 2.75) is 13.5 Å². The van der Waals surface area contributed by atoms with Gasteiger partial charge in [0.15, 0.2) is 17.5 Å². The maximum atomic E-state index is 14.3. The molecule has 0 spiro atoms. The van der Waals surface area contributed by atoms with Crippen molar-refractivity contribution in [2.24, 2.45) is 0 Å². The molecule has 0 bridgehead atoms. The molecular weight excluding hydrogens is 357 g/mol. The smallest absolute Gasteiger partial charge is 0.343 e. The van der Waals surface area contributed by atoms with Crippen LogP contribution in [0.25, 0.3) is 10.9 Å². The molecule has 0 aliphatic heterocycles. The van der Waals surface area contributed by atoms with E-state index in [0.29, 0.717) is 11.8 Å². The number of thiazole rings is 1. The molecule has 3 rings (SSSR count). The zero-order valence-electron chi connectivity index (χ0n) is 12.9. The Balaban J connectivity index is 2.34. The summed E-state index contributed by atoms with van der Waals surface area (Å²) in [5, 5.41) is 1.23. The minimum absolute atomic E-state index is 0.0224. The first kappa shape index (κ1) is 17.2. The van der Waals surface area contributed by atoms with Gasteiger partial charge in [-0.2, -0.15) is 0 Å². The highest BCUT2D eigenvalue weighted by Crippen LogP contribution is 2.23. The molecule has 0 fully saturated rings. The van der Waals surface area contributed by atoms with E-state index in [9.17, 15) is 22.8 Å². The first-order valence-electron chi connectivity index (χ1n) is 7.18. The van der Waals surface area contributed by atoms with Crippen molar-refractivity contribution in [1.29, 1.82) is 0 Å². The molecule has 5 nitrogen and oxygen atoms in total. The van der Waals surface area contributed by atoms with Crippen LogP contribution in [0.4, 0.5) is 13.2 Å². The topological polar surface area (TPSA) is 61.2 Å². The Labute approximate surface area is 143 Å². The van der Waals surface area contributed by atoms with Crippen molar-refractivity contribution in [3.8, 4) is 0 Å². The predicted molar refractivity (Wildman–Crippen MR) is 85.3 cm³/mol. The predicted octanol–water partition coefficient (Wildman–Crippen LogP) is 3.10. The number of hydrogen-bond donors (Lipinski definition) is 0. The fourth-order valence-corrected chi connectivity index (χ4v) is 2.98. The molecular formula is C16H11F3N2O3S. The molecule has 0 radical (unpaired) electrons. The zero-order valence-corrected chi connectivity index (χ0v) is 13.7. The summed E-state index contributed by atoms with van der Waals surface area (Å²) < 4.78 is 47.5. The van der Waals surface area contributed by atoms with Crippen molar-refractivity contribution < 1.29 is 22.7 Å². The summed E-state index contributed by atoms with van der Waals surface area (Å²) in [6, 6.07) is 0.580. The monoisotopic (exact) mass is 368 g/mol. The van der Waals surface area contributed by atoms with Gasteiger partial charge >= 0.3 is 5.97 Å². The van der Waals surface area contributed by atoms with E-state index in [1.165, 1.54) is 11.3 Å². The van der Waals surface area contributed by atoms with Gasteiger partial charge in [-0.25, -0.2) is 22.9 Å². The number of rotatable bonds is 4. The molecule has 0 unspecified atom stereocenters. The summed E-state index contributed by atoms with van der Waals surface area (Å²) in [5.41, 5.74) is 0.290. The molecule has 9 heteroatoms. The van der Waals surface area contributed by atoms with Crippen molar-refractivity contribution in [1.82, 2.24) is 9.55 Å². The van der Waals surface area contributed by atoms with E-state index in [1.54, 1.807) is 17.8 Å². The van der Waals surface area contributed by atoms with Crippen LogP contribution in [0.3, 0.4) is 0 Å². The number of aromatic nitrogens is 2. The van der Waals surface area contributed by atoms with Crippen molar-refractivity contribution in [3.05, 3.63) is 62.1 Å². The minimum atomic E-state index is -1.69. The largest absolute Gasteiger partial charge is 0.462 e. The van der Waals surface area contributed by atoms with E-state index in [0.717, 1.165) is 10.8 Å². The van der Waals surface area contributed by atoms with Gasteiger partial charge in [0.05, 0.1) is 35.3 Å². The number of pyridine rings is 1. The molecule has 2 heterocycles. The first-order chi connectivity index (χ1) is 11.9. The van der Waals surface area contributed by atoms with E-state index < -0.39 is 45.3 Å². The lowest BCUT2D eigenvalue weighted by molar-refractivity contribution is 0.0524. The summed E-state index contributed by atoms with van der Waals surface area (Å²) in [4.78, 5) is 28.5. The van der Waals surface area contributed by atoms with Crippen LogP contribution in [0.15, 0.2) is 27.9 Å². The molecule has 1 aromatic carbocycles. The van der Waals surface area contributed by atoms with Crippen LogP contribution in [0, 0.1) is 17.5 Å². The summed E-state index contributed by atoms with van der Waals surface area (Å²) in [6.45, 7) is 1.55. The Morgan fingerprint density at radius 2 is 2.08 bits per heavy atom. The van der Waals surface area contributed by atoms with Gasteiger partial charge in [-0.05, 0) is 13.0 Å². The quantitative estimate of drug-likeness (QED) is 0.524. The summed E-state index contributed by atoms with van der Waals surface area (Å²) in [7, 11) is 0. The van der Waals surface area contributed by atoms with E-state index in [2.05, 4.69) is 4.98 Å². The molecule has 25 heavy (non-hydrogen) atoms. The van der Waals surface area contributed by atoms with E-state index in [1.807, 2.05) is 0 Å². The fraction of sp³-hybridized carbons (Fsp3) is 0.188. The molecule has 3 aromatic rings. The highest BCUT2D eigenvalue weighted by atomic mass is 32.1. The average molecular weight is 368 g/mol. The van der Waals surface area contributed by atoms with E-state index in [-0.39, 0.29) is 13.2 Å². The van der Waals surface area contributed by atoms with Crippen LogP contribution in [-0.4, -0.2) is 22.1 Å². The van der Waals surface area contributed by atoms with Crippen LogP contribution in [-0.2, 0) is 11.3 Å². The van der Waals surface area contributed by atoms with E-state index >= 15 is 0 Å². The highest BCUT2D eigenvalue weighted by molar-refractivity contribution is 7.07. The number of carbonyl (C=O) groups excluding carboxylic acids is 1. The van der Waals surface area contributed by atoms with Gasteiger partial charge in [-0.3, -0.25) is 4.79 Å². The SMILES string of the molecule is CCOC(=O)c1cn(Cc2cscn2)c2c(F)c(F)c(F)cc2c1=O. The minimum Gasteiger partial charge on any atom is -0.462 e. The molecule has 0 aliphatic rings. The zero-order chi connectivity index (χ0) is 18.1. The van der Waals surface area contributed by atoms with Crippen LogP contribution in [0.2, 0.25) is 0 Å². The molecule has 0 amide bonds. The average Bonchev–Trinajstić information content (AvgIpc) is 3.08. The standard InChI is InChI=1S/C16H11F3N2O3S/c1-2-24-16(23)10-5-21(4-8-6-25-7-20-8)14-9(15(10)22)3-11(17)12(18)13(14)19/h3,5-7H,2,4H2,1H3. The molecule has 0 aliphatic carbocycles. The maximum absolute atomic E-state index is 14.3. The number of carbonyl (C=O) groups is 1. The Hall–Kier alpha value is -2.68. The van der Waals surface area contributed by atoms with Crippen molar-refractivity contribution in [2.75, 3.05) is 6.61 Å². The van der Waals surface area contributed by atoms with Crippen LogP contribution >= 0.6 is 11.3 Å². The molecule has 2 aromatic heterocycles. The summed E-state index contributed by atoms with van der Waals surface area (Å²) >= 11 is 1.29. The number of nitrogens with zero attached hydrogens (tertiary/aromatic N) is 2. The van der Waals surface area contributed by atoms with Gasteiger partial charge in [0.2, 0.25) is 5.43 Å². The number of ether oxygens (including phenoxy) is 1. The second-order valence-corrected chi connectivity index (χ2v) is 5.80. The number of esters is 1. The Bertz CT molecular complexity index is 1020. The maximum Gasteiger partial charge on any atom is 0.343 e. The third-order valence-electron chi connectivity index (χ3n) is 3.51. The third-order valence-corrected chi connectivity index (χ3v) is 4.14. The lowest BCUT2D eigenvalue weighted by atomic mass is 10.1. The summed E-state index contributed by atoms with van der Waals surface area (Å²) in [5.74, 6) is -5.63. The number of fused-ring (bicyclic) bond motifs is 1. The first-order valence-corrected chi connectivity index (χ1v) is 8.13. The normalized spacial score (nSPS) is 11.0. The Morgan fingerprint density at radius 3 is 2.72 bits per heavy atom. The van der Waals surface area contributed by atoms with Crippen molar-refractivity contribution in [3.63, 3.8) is 0 Å². The summed E-state index contributed by atoms with van der Waals surface area (Å²) in [6.07, 6.45) is 1.07. The van der Waals surface area contributed by atoms with Gasteiger partial charge in [0, 0.05) is 11.6 Å². The number of benzene rings is 1. The fourth-order valence-electron chi connectivity index (χ4n) is 2.43. The van der Waals surface area contributed by atoms with Crippen LogP contribution in [0.5, 0.6) is 0 Å². The lowest BCUT2D eigenvalue weighted by Crippen LogP contribution is -2.22. The van der Waals surface area contributed by atoms with Gasteiger partial charge in [0.1, 0.15) is 5.56 Å². The second-order valence-electron chi connectivity index (χ2n) is 5.08. The second kappa shape index (κ2) is 6.67. The molecule has 0 N–H and O–H groups in total. The third kappa shape index (κ3) is 3.02. The van der Waals surface area contributed by atoms with Gasteiger partial charge in [-0.1, -0.05) is 0 Å². The molecule has 0 atom stereocenters. The van der Waals surface area contributed by atoms with Gasteiger partial charge in [0.25, 0.3) is 0 Å². The lowest BCUT2D eigenvalue weighted by Gasteiger charge is -2.13. The Morgan fingerprint density at radius 1 is 1.32 bits per heavy atom. The molecule has 0 saturated carbocycles. The molecule has 130 valence electrons. The van der Waals surface area contributed by atoms with E-state index in [4.69, 9.17) is 4.74 Å². The number of halogens is 3. The van der Waals surface area contributed by atoms with Crippen LogP contribution < -0.4 is 5.43 Å². The van der Waals surface area contributed by atoms with Crippen LogP contribution in [0.1, 0.15) is 23.0 Å². The van der Waals surface area contributed by atoms with Gasteiger partial charge in [-0.15, -0.1) is 11.3 Å². The molecule has 0 saturated heterocycles. The number of hydrogen-bond acceptors (Lipinski definition) is 5. The van der Waals surface area contributed by atoms with Crippen molar-refractivity contribution >= 4 is 28.2 Å². The Kier molecular flexibility index (Phi) is 4.58. The highest BCUT2D eigenvalue weighted by Gasteiger charge is 2.23. The van der Waals surface area contributed by atoms with Gasteiger partial charge < -0.3 is 9.30 Å².